The molecule has 142 valence electrons. The molecule has 3 aliphatic rings. The Labute approximate surface area is 158 Å². The second-order valence-corrected chi connectivity index (χ2v) is 7.50. The first kappa shape index (κ1) is 17.7. The zero-order valence-corrected chi connectivity index (χ0v) is 15.6. The highest BCUT2D eigenvalue weighted by Gasteiger charge is 2.37. The number of rotatable bonds is 4. The van der Waals surface area contributed by atoms with Gasteiger partial charge in [0.25, 0.3) is 5.56 Å². The second-order valence-electron chi connectivity index (χ2n) is 7.50. The number of amides is 1. The van der Waals surface area contributed by atoms with Crippen molar-refractivity contribution in [3.63, 3.8) is 0 Å². The first-order valence-corrected chi connectivity index (χ1v) is 9.59. The Morgan fingerprint density at radius 3 is 2.70 bits per heavy atom. The van der Waals surface area contributed by atoms with Gasteiger partial charge in [0.15, 0.2) is 0 Å². The van der Waals surface area contributed by atoms with Crippen LogP contribution < -0.4 is 10.5 Å². The first-order chi connectivity index (χ1) is 13.1. The van der Waals surface area contributed by atoms with Gasteiger partial charge in [0.05, 0.1) is 0 Å². The van der Waals surface area contributed by atoms with E-state index in [9.17, 15) is 9.59 Å². The summed E-state index contributed by atoms with van der Waals surface area (Å²) in [6.07, 6.45) is 6.03. The van der Waals surface area contributed by atoms with Crippen molar-refractivity contribution < 1.29 is 4.79 Å². The molecule has 3 aliphatic heterocycles. The van der Waals surface area contributed by atoms with E-state index in [1.807, 2.05) is 24.0 Å². The van der Waals surface area contributed by atoms with Gasteiger partial charge in [-0.25, -0.2) is 9.97 Å². The van der Waals surface area contributed by atoms with E-state index in [0.717, 1.165) is 44.1 Å². The number of aromatic nitrogens is 3. The van der Waals surface area contributed by atoms with Gasteiger partial charge in [-0.15, -0.1) is 0 Å². The Kier molecular flexibility index (Phi) is 4.92. The molecule has 1 amide bonds. The van der Waals surface area contributed by atoms with Crippen LogP contribution in [-0.2, 0) is 11.3 Å². The molecule has 2 aromatic rings. The third-order valence-corrected chi connectivity index (χ3v) is 5.69. The average Bonchev–Trinajstić information content (AvgIpc) is 3.00. The van der Waals surface area contributed by atoms with Crippen molar-refractivity contribution in [1.29, 1.82) is 0 Å². The second kappa shape index (κ2) is 7.50. The number of hydrogen-bond donors (Lipinski definition) is 0. The fourth-order valence-electron chi connectivity index (χ4n) is 4.27. The Balaban J connectivity index is 1.45. The van der Waals surface area contributed by atoms with Gasteiger partial charge in [0.1, 0.15) is 0 Å². The Hall–Kier alpha value is -2.70. The van der Waals surface area contributed by atoms with Crippen LogP contribution in [0.3, 0.4) is 0 Å². The van der Waals surface area contributed by atoms with Crippen molar-refractivity contribution >= 4 is 11.9 Å². The molecule has 0 radical (unpaired) electrons. The zero-order valence-electron chi connectivity index (χ0n) is 15.6. The van der Waals surface area contributed by atoms with Crippen LogP contribution in [0.25, 0.3) is 0 Å². The maximum absolute atomic E-state index is 12.9. The van der Waals surface area contributed by atoms with Crippen molar-refractivity contribution in [2.45, 2.75) is 38.8 Å². The largest absolute Gasteiger partial charge is 0.338 e. The molecule has 27 heavy (non-hydrogen) atoms. The fraction of sp³-hybridized carbons (Fsp3) is 0.500. The first-order valence-electron chi connectivity index (χ1n) is 9.59. The molecule has 0 saturated carbocycles. The van der Waals surface area contributed by atoms with Crippen LogP contribution in [-0.4, -0.2) is 51.0 Å². The van der Waals surface area contributed by atoms with E-state index in [-0.39, 0.29) is 17.5 Å². The zero-order chi connectivity index (χ0) is 18.8. The maximum atomic E-state index is 12.9. The molecule has 5 rings (SSSR count). The maximum Gasteiger partial charge on any atom is 0.250 e. The summed E-state index contributed by atoms with van der Waals surface area (Å²) in [5.41, 5.74) is 0.840. The van der Waals surface area contributed by atoms with Crippen LogP contribution in [0.15, 0.2) is 41.5 Å². The normalized spacial score (nSPS) is 22.0. The fourth-order valence-corrected chi connectivity index (χ4v) is 4.27. The standard InChI is InChI=1S/C20H25N5O2/c1-15-4-2-5-18(26)24(15)11-8-19(27)25-13-16-6-7-17(25)14-23(12-16)20-21-9-3-10-22-20/h2-5,9-10,16-17H,6-8,11-14H2,1H3/t16-,17+/m0/s1. The SMILES string of the molecule is Cc1cccc(=O)n1CCC(=O)N1C[C@H]2CC[C@@H]1CN(c1ncccn1)C2. The number of carbonyl (C=O) groups is 1. The van der Waals surface area contributed by atoms with Gasteiger partial charge in [-0.2, -0.15) is 0 Å². The molecule has 7 nitrogen and oxygen atoms in total. The summed E-state index contributed by atoms with van der Waals surface area (Å²) in [5.74, 6) is 1.32. The molecule has 7 heteroatoms. The molecule has 2 bridgehead atoms. The van der Waals surface area contributed by atoms with Gasteiger partial charge in [0.2, 0.25) is 11.9 Å². The summed E-state index contributed by atoms with van der Waals surface area (Å²) < 4.78 is 1.68. The van der Waals surface area contributed by atoms with Crippen LogP contribution >= 0.6 is 0 Å². The van der Waals surface area contributed by atoms with Gasteiger partial charge in [-0.3, -0.25) is 9.59 Å². The summed E-state index contributed by atoms with van der Waals surface area (Å²) >= 11 is 0. The average molecular weight is 367 g/mol. The summed E-state index contributed by atoms with van der Waals surface area (Å²) in [6, 6.07) is 7.21. The number of hydrogen-bond acceptors (Lipinski definition) is 5. The Morgan fingerprint density at radius 1 is 1.11 bits per heavy atom. The number of fused-ring (bicyclic) bond motifs is 4. The van der Waals surface area contributed by atoms with Crippen molar-refractivity contribution in [3.05, 3.63) is 52.7 Å². The molecule has 2 aromatic heterocycles. The van der Waals surface area contributed by atoms with Gasteiger partial charge < -0.3 is 14.4 Å². The van der Waals surface area contributed by atoms with E-state index < -0.39 is 0 Å². The molecule has 0 aliphatic carbocycles. The Bertz CT molecular complexity index is 866. The van der Waals surface area contributed by atoms with Crippen molar-refractivity contribution in [3.8, 4) is 0 Å². The van der Waals surface area contributed by atoms with Crippen molar-refractivity contribution in [1.82, 2.24) is 19.4 Å². The topological polar surface area (TPSA) is 71.3 Å². The quantitative estimate of drug-likeness (QED) is 0.818. The lowest BCUT2D eigenvalue weighted by atomic mass is 9.94. The smallest absolute Gasteiger partial charge is 0.250 e. The van der Waals surface area contributed by atoms with Crippen LogP contribution in [0, 0.1) is 12.8 Å². The highest BCUT2D eigenvalue weighted by molar-refractivity contribution is 5.76. The number of aryl methyl sites for hydroxylation is 1. The monoisotopic (exact) mass is 367 g/mol. The summed E-state index contributed by atoms with van der Waals surface area (Å²) in [5, 5.41) is 0. The van der Waals surface area contributed by atoms with Gasteiger partial charge in [-0.1, -0.05) is 6.07 Å². The van der Waals surface area contributed by atoms with Crippen LogP contribution in [0.1, 0.15) is 25.0 Å². The molecular weight excluding hydrogens is 342 g/mol. The van der Waals surface area contributed by atoms with Gasteiger partial charge in [0, 0.05) is 62.8 Å². The lowest BCUT2D eigenvalue weighted by molar-refractivity contribution is -0.135. The van der Waals surface area contributed by atoms with E-state index in [1.54, 1.807) is 29.1 Å². The summed E-state index contributed by atoms with van der Waals surface area (Å²) in [4.78, 5) is 38.0. The molecule has 0 N–H and O–H groups in total. The molecule has 5 heterocycles. The van der Waals surface area contributed by atoms with E-state index in [4.69, 9.17) is 0 Å². The predicted octanol–water partition coefficient (Wildman–Crippen LogP) is 1.46. The van der Waals surface area contributed by atoms with Crippen molar-refractivity contribution in [2.75, 3.05) is 24.5 Å². The van der Waals surface area contributed by atoms with E-state index in [1.165, 1.54) is 0 Å². The third-order valence-electron chi connectivity index (χ3n) is 5.69. The molecule has 0 unspecified atom stereocenters. The number of anilines is 1. The minimum Gasteiger partial charge on any atom is -0.338 e. The number of piperidine rings is 1. The molecule has 0 spiro atoms. The molecule has 2 atom stereocenters. The third kappa shape index (κ3) is 3.72. The highest BCUT2D eigenvalue weighted by atomic mass is 16.2. The van der Waals surface area contributed by atoms with Gasteiger partial charge in [-0.05, 0) is 37.8 Å². The van der Waals surface area contributed by atoms with Crippen molar-refractivity contribution in [2.24, 2.45) is 5.92 Å². The molecule has 3 saturated heterocycles. The Morgan fingerprint density at radius 2 is 1.93 bits per heavy atom. The summed E-state index contributed by atoms with van der Waals surface area (Å²) in [7, 11) is 0. The van der Waals surface area contributed by atoms with Crippen LogP contribution in [0.5, 0.6) is 0 Å². The number of pyridine rings is 1. The minimum atomic E-state index is -0.0485. The lowest BCUT2D eigenvalue weighted by Gasteiger charge is -2.36. The number of carbonyl (C=O) groups excluding carboxylic acids is 1. The van der Waals surface area contributed by atoms with Gasteiger partial charge >= 0.3 is 0 Å². The molecule has 0 aromatic carbocycles. The predicted molar refractivity (Wildman–Crippen MR) is 103 cm³/mol. The van der Waals surface area contributed by atoms with E-state index in [0.29, 0.717) is 18.9 Å². The van der Waals surface area contributed by atoms with E-state index in [2.05, 4.69) is 14.9 Å². The minimum absolute atomic E-state index is 0.0485. The molecule has 3 fully saturated rings. The van der Waals surface area contributed by atoms with Crippen LogP contribution in [0.2, 0.25) is 0 Å². The lowest BCUT2D eigenvalue weighted by Crippen LogP contribution is -2.47. The van der Waals surface area contributed by atoms with Crippen LogP contribution in [0.4, 0.5) is 5.95 Å². The molecular formula is C20H25N5O2. The summed E-state index contributed by atoms with van der Waals surface area (Å²) in [6.45, 7) is 4.79. The van der Waals surface area contributed by atoms with E-state index >= 15 is 0 Å². The number of nitrogens with zero attached hydrogens (tertiary/aromatic N) is 5. The highest BCUT2D eigenvalue weighted by Crippen LogP contribution is 2.29.